The van der Waals surface area contributed by atoms with E-state index in [9.17, 15) is 14.8 Å². The van der Waals surface area contributed by atoms with Crippen LogP contribution in [0.2, 0.25) is 0 Å². The molecule has 0 aromatic carbocycles. The third kappa shape index (κ3) is 11.1. The predicted octanol–water partition coefficient (Wildman–Crippen LogP) is 4.30. The molecule has 0 aromatic heterocycles. The lowest BCUT2D eigenvalue weighted by molar-refractivity contribution is -0.146. The second kappa shape index (κ2) is 12.5. The van der Waals surface area contributed by atoms with Crippen molar-refractivity contribution in [3.63, 3.8) is 0 Å². The summed E-state index contributed by atoms with van der Waals surface area (Å²) in [6.07, 6.45) is 12.8. The first-order chi connectivity index (χ1) is 13.2. The van der Waals surface area contributed by atoms with Crippen LogP contribution in [0.1, 0.15) is 104 Å². The lowest BCUT2D eigenvalue weighted by Gasteiger charge is -2.22. The molecule has 0 bridgehead atoms. The quantitative estimate of drug-likeness (QED) is 0.145. The molecule has 1 aliphatic rings. The SMILES string of the molecule is CC(C)(CCCCCC(CCCCCC1(CC(N)O)CC1)N=O)CC(=O)ON. The van der Waals surface area contributed by atoms with Crippen LogP contribution in [0.5, 0.6) is 0 Å². The highest BCUT2D eigenvalue weighted by Gasteiger charge is 2.42. The van der Waals surface area contributed by atoms with Crippen LogP contribution in [0, 0.1) is 15.7 Å². The summed E-state index contributed by atoms with van der Waals surface area (Å²) in [7, 11) is 0. The maximum Gasteiger partial charge on any atom is 0.324 e. The van der Waals surface area contributed by atoms with Gasteiger partial charge in [-0.3, -0.25) is 4.79 Å². The van der Waals surface area contributed by atoms with E-state index in [1.807, 2.05) is 13.8 Å². The van der Waals surface area contributed by atoms with Crippen LogP contribution in [0.3, 0.4) is 0 Å². The van der Waals surface area contributed by atoms with E-state index in [-0.39, 0.29) is 17.4 Å². The highest BCUT2D eigenvalue weighted by Crippen LogP contribution is 2.53. The highest BCUT2D eigenvalue weighted by atomic mass is 16.7. The molecule has 2 unspecified atom stereocenters. The van der Waals surface area contributed by atoms with Crippen LogP contribution in [-0.2, 0) is 9.63 Å². The minimum Gasteiger partial charge on any atom is -0.379 e. The van der Waals surface area contributed by atoms with E-state index < -0.39 is 6.23 Å². The monoisotopic (exact) mass is 399 g/mol. The molecule has 1 saturated carbocycles. The van der Waals surface area contributed by atoms with Gasteiger partial charge in [0, 0.05) is 0 Å². The van der Waals surface area contributed by atoms with Gasteiger partial charge in [-0.25, -0.2) is 0 Å². The van der Waals surface area contributed by atoms with Gasteiger partial charge in [0.15, 0.2) is 0 Å². The molecule has 0 aliphatic heterocycles. The Balaban J connectivity index is 2.06. The maximum atomic E-state index is 11.3. The molecule has 0 saturated heterocycles. The van der Waals surface area contributed by atoms with Crippen LogP contribution in [0.25, 0.3) is 0 Å². The van der Waals surface area contributed by atoms with E-state index in [0.29, 0.717) is 11.8 Å². The summed E-state index contributed by atoms with van der Waals surface area (Å²) in [6, 6.07) is -0.0824. The highest BCUT2D eigenvalue weighted by molar-refractivity contribution is 5.69. The summed E-state index contributed by atoms with van der Waals surface area (Å²) in [5.41, 5.74) is 5.69. The zero-order chi connectivity index (χ0) is 21.0. The Labute approximate surface area is 169 Å². The smallest absolute Gasteiger partial charge is 0.324 e. The molecule has 1 aliphatic carbocycles. The molecule has 1 rings (SSSR count). The van der Waals surface area contributed by atoms with Crippen molar-refractivity contribution in [1.29, 1.82) is 0 Å². The van der Waals surface area contributed by atoms with Crippen LogP contribution < -0.4 is 11.6 Å². The summed E-state index contributed by atoms with van der Waals surface area (Å²) in [6.45, 7) is 4.08. The summed E-state index contributed by atoms with van der Waals surface area (Å²) >= 11 is 0. The van der Waals surface area contributed by atoms with Gasteiger partial charge in [0.2, 0.25) is 0 Å². The summed E-state index contributed by atoms with van der Waals surface area (Å²) < 4.78 is 0. The molecule has 0 radical (unpaired) electrons. The second-order valence-corrected chi connectivity index (χ2v) is 9.56. The van der Waals surface area contributed by atoms with Gasteiger partial charge in [-0.15, -0.1) is 0 Å². The van der Waals surface area contributed by atoms with Crippen molar-refractivity contribution in [3.8, 4) is 0 Å². The minimum atomic E-state index is -0.689. The summed E-state index contributed by atoms with van der Waals surface area (Å²) in [4.78, 5) is 26.6. The third-order valence-corrected chi connectivity index (χ3v) is 6.14. The van der Waals surface area contributed by atoms with Crippen molar-refractivity contribution < 1.29 is 14.7 Å². The van der Waals surface area contributed by atoms with Gasteiger partial charge in [0.1, 0.15) is 6.23 Å². The Morgan fingerprint density at radius 1 is 1.14 bits per heavy atom. The molecule has 7 heteroatoms. The average Bonchev–Trinajstić information content (AvgIpc) is 3.37. The molecule has 28 heavy (non-hydrogen) atoms. The Morgan fingerprint density at radius 2 is 1.75 bits per heavy atom. The molecular weight excluding hydrogens is 358 g/mol. The molecule has 164 valence electrons. The van der Waals surface area contributed by atoms with E-state index in [1.165, 1.54) is 12.8 Å². The second-order valence-electron chi connectivity index (χ2n) is 9.56. The number of hydrogen-bond acceptors (Lipinski definition) is 7. The molecule has 0 spiro atoms. The van der Waals surface area contributed by atoms with Crippen LogP contribution in [-0.4, -0.2) is 23.3 Å². The van der Waals surface area contributed by atoms with Gasteiger partial charge in [0.25, 0.3) is 0 Å². The number of aliphatic hydroxyl groups excluding tert-OH is 1. The topological polar surface area (TPSA) is 128 Å². The fourth-order valence-corrected chi connectivity index (χ4v) is 4.16. The number of nitroso groups, excluding NO2 is 1. The molecule has 0 aromatic rings. The molecule has 0 amide bonds. The van der Waals surface area contributed by atoms with Crippen molar-refractivity contribution in [2.24, 2.45) is 27.6 Å². The van der Waals surface area contributed by atoms with Crippen LogP contribution in [0.4, 0.5) is 0 Å². The van der Waals surface area contributed by atoms with Gasteiger partial charge in [-0.2, -0.15) is 10.8 Å². The van der Waals surface area contributed by atoms with E-state index in [4.69, 9.17) is 11.6 Å². The van der Waals surface area contributed by atoms with Crippen molar-refractivity contribution in [2.45, 2.75) is 116 Å². The number of rotatable bonds is 17. The molecule has 0 heterocycles. The molecule has 5 N–H and O–H groups in total. The van der Waals surface area contributed by atoms with Gasteiger partial charge in [-0.1, -0.05) is 57.5 Å². The van der Waals surface area contributed by atoms with Crippen molar-refractivity contribution in [2.75, 3.05) is 0 Å². The van der Waals surface area contributed by atoms with Crippen molar-refractivity contribution in [1.82, 2.24) is 0 Å². The number of carbonyl (C=O) groups is 1. The molecular formula is C21H41N3O4. The van der Waals surface area contributed by atoms with E-state index in [1.54, 1.807) is 0 Å². The normalized spacial score (nSPS) is 17.8. The predicted molar refractivity (Wildman–Crippen MR) is 111 cm³/mol. The summed E-state index contributed by atoms with van der Waals surface area (Å²) in [5.74, 6) is 4.53. The zero-order valence-electron chi connectivity index (χ0n) is 17.8. The summed E-state index contributed by atoms with van der Waals surface area (Å²) in [5, 5.41) is 12.7. The third-order valence-electron chi connectivity index (χ3n) is 6.14. The molecule has 2 atom stereocenters. The first kappa shape index (κ1) is 25.0. The standard InChI is InChI=1S/C21H41N3O4/c1-20(2,16-19(26)28-23)11-7-3-5-9-17(24-27)10-6-4-8-12-21(13-14-21)15-18(22)25/h17-18,25H,3-16,22-23H2,1-2H3. The number of aliphatic hydroxyl groups is 1. The fraction of sp³-hybridized carbons (Fsp3) is 0.952. The Morgan fingerprint density at radius 3 is 2.25 bits per heavy atom. The molecule has 7 nitrogen and oxygen atoms in total. The number of hydrogen-bond donors (Lipinski definition) is 3. The van der Waals surface area contributed by atoms with E-state index in [0.717, 1.165) is 70.6 Å². The van der Waals surface area contributed by atoms with Crippen molar-refractivity contribution >= 4 is 5.97 Å². The first-order valence-electron chi connectivity index (χ1n) is 10.9. The fourth-order valence-electron chi connectivity index (χ4n) is 4.16. The van der Waals surface area contributed by atoms with Crippen LogP contribution in [0.15, 0.2) is 5.18 Å². The van der Waals surface area contributed by atoms with Gasteiger partial charge < -0.3 is 15.7 Å². The van der Waals surface area contributed by atoms with E-state index in [2.05, 4.69) is 10.0 Å². The Hall–Kier alpha value is -1.05. The maximum absolute atomic E-state index is 11.3. The number of unbranched alkanes of at least 4 members (excludes halogenated alkanes) is 4. The Kier molecular flexibility index (Phi) is 11.2. The largest absolute Gasteiger partial charge is 0.379 e. The molecule has 1 fully saturated rings. The van der Waals surface area contributed by atoms with Gasteiger partial charge in [0.05, 0.1) is 12.5 Å². The lowest BCUT2D eigenvalue weighted by atomic mass is 9.83. The number of nitrogens with zero attached hydrogens (tertiary/aromatic N) is 1. The zero-order valence-corrected chi connectivity index (χ0v) is 17.8. The van der Waals surface area contributed by atoms with Gasteiger partial charge in [-0.05, 0) is 55.8 Å². The van der Waals surface area contributed by atoms with E-state index >= 15 is 0 Å². The first-order valence-corrected chi connectivity index (χ1v) is 10.9. The average molecular weight is 400 g/mol. The lowest BCUT2D eigenvalue weighted by Crippen LogP contribution is -2.23. The number of nitrogens with two attached hydrogens (primary N) is 2. The van der Waals surface area contributed by atoms with Crippen LogP contribution >= 0.6 is 0 Å². The Bertz CT molecular complexity index is 465. The minimum absolute atomic E-state index is 0.0824. The van der Waals surface area contributed by atoms with Gasteiger partial charge >= 0.3 is 5.97 Å². The van der Waals surface area contributed by atoms with Crippen molar-refractivity contribution in [3.05, 3.63) is 4.91 Å². The number of carbonyl (C=O) groups excluding carboxylic acids is 1.